The summed E-state index contributed by atoms with van der Waals surface area (Å²) in [6.07, 6.45) is 1.62. The number of ether oxygens (including phenoxy) is 1. The van der Waals surface area contributed by atoms with Crippen molar-refractivity contribution in [2.24, 2.45) is 0 Å². The number of aromatic nitrogens is 1. The molecule has 3 rings (SSSR count). The van der Waals surface area contributed by atoms with Crippen molar-refractivity contribution < 1.29 is 4.74 Å². The summed E-state index contributed by atoms with van der Waals surface area (Å²) in [6.45, 7) is 2.09. The summed E-state index contributed by atoms with van der Waals surface area (Å²) in [5, 5.41) is 0.549. The number of fused-ring (bicyclic) bond motifs is 1. The highest BCUT2D eigenvalue weighted by molar-refractivity contribution is 6.30. The minimum absolute atomic E-state index is 0.549. The quantitative estimate of drug-likeness (QED) is 0.869. The Bertz CT molecular complexity index is 603. The first-order valence-corrected chi connectivity index (χ1v) is 6.48. The second-order valence-corrected chi connectivity index (χ2v) is 4.88. The van der Waals surface area contributed by atoms with E-state index in [1.165, 1.54) is 0 Å². The van der Waals surface area contributed by atoms with Gasteiger partial charge in [0.1, 0.15) is 12.4 Å². The number of nitrogens with two attached hydrogens (primary N) is 1. The molecule has 0 saturated carbocycles. The zero-order valence-corrected chi connectivity index (χ0v) is 11.1. The SMILES string of the molecule is Nc1cc(Cl)cnc1N1CCOc2ccccc2C1. The van der Waals surface area contributed by atoms with Crippen molar-refractivity contribution in [3.63, 3.8) is 0 Å². The van der Waals surface area contributed by atoms with E-state index < -0.39 is 0 Å². The summed E-state index contributed by atoms with van der Waals surface area (Å²) in [4.78, 5) is 6.44. The minimum Gasteiger partial charge on any atom is -0.491 e. The van der Waals surface area contributed by atoms with E-state index in [0.717, 1.165) is 30.2 Å². The lowest BCUT2D eigenvalue weighted by molar-refractivity contribution is 0.331. The van der Waals surface area contributed by atoms with Gasteiger partial charge in [-0.25, -0.2) is 4.98 Å². The molecule has 0 atom stereocenters. The fraction of sp³-hybridized carbons (Fsp3) is 0.214. The van der Waals surface area contributed by atoms with Crippen LogP contribution in [0.3, 0.4) is 0 Å². The molecule has 5 heteroatoms. The summed E-state index contributed by atoms with van der Waals surface area (Å²) in [5.74, 6) is 1.68. The van der Waals surface area contributed by atoms with Crippen LogP contribution in [0.5, 0.6) is 5.75 Å². The number of halogens is 1. The van der Waals surface area contributed by atoms with E-state index in [2.05, 4.69) is 16.0 Å². The number of benzene rings is 1. The van der Waals surface area contributed by atoms with Gasteiger partial charge >= 0.3 is 0 Å². The van der Waals surface area contributed by atoms with E-state index >= 15 is 0 Å². The van der Waals surface area contributed by atoms with Crippen molar-refractivity contribution in [2.75, 3.05) is 23.8 Å². The maximum absolute atomic E-state index is 5.99. The Balaban J connectivity index is 1.94. The lowest BCUT2D eigenvalue weighted by atomic mass is 10.2. The van der Waals surface area contributed by atoms with Crippen molar-refractivity contribution in [2.45, 2.75) is 6.54 Å². The van der Waals surface area contributed by atoms with Gasteiger partial charge in [0, 0.05) is 18.3 Å². The predicted molar refractivity (Wildman–Crippen MR) is 76.6 cm³/mol. The molecular formula is C14H14ClN3O. The van der Waals surface area contributed by atoms with Gasteiger partial charge in [-0.1, -0.05) is 29.8 Å². The molecule has 4 nitrogen and oxygen atoms in total. The number of anilines is 2. The highest BCUT2D eigenvalue weighted by Gasteiger charge is 2.18. The van der Waals surface area contributed by atoms with E-state index in [0.29, 0.717) is 17.3 Å². The van der Waals surface area contributed by atoms with Crippen molar-refractivity contribution in [1.29, 1.82) is 0 Å². The molecular weight excluding hydrogens is 262 g/mol. The topological polar surface area (TPSA) is 51.4 Å². The predicted octanol–water partition coefficient (Wildman–Crippen LogP) is 2.72. The first-order chi connectivity index (χ1) is 9.24. The van der Waals surface area contributed by atoms with Gasteiger partial charge in [0.15, 0.2) is 5.82 Å². The summed E-state index contributed by atoms with van der Waals surface area (Å²) >= 11 is 5.88. The first kappa shape index (κ1) is 12.1. The Kier molecular flexibility index (Phi) is 3.17. The Hall–Kier alpha value is -1.94. The van der Waals surface area contributed by atoms with E-state index in [1.807, 2.05) is 18.2 Å². The molecule has 1 aromatic carbocycles. The zero-order valence-electron chi connectivity index (χ0n) is 10.3. The molecule has 2 heterocycles. The largest absolute Gasteiger partial charge is 0.491 e. The third-order valence-electron chi connectivity index (χ3n) is 3.11. The lowest BCUT2D eigenvalue weighted by Crippen LogP contribution is -2.27. The van der Waals surface area contributed by atoms with Crippen LogP contribution in [0.1, 0.15) is 5.56 Å². The van der Waals surface area contributed by atoms with Crippen LogP contribution in [0.25, 0.3) is 0 Å². The molecule has 0 saturated heterocycles. The average Bonchev–Trinajstić information content (AvgIpc) is 2.60. The van der Waals surface area contributed by atoms with Crippen molar-refractivity contribution >= 4 is 23.1 Å². The Labute approximate surface area is 116 Å². The molecule has 0 amide bonds. The number of hydrogen-bond acceptors (Lipinski definition) is 4. The normalized spacial score (nSPS) is 14.5. The molecule has 0 spiro atoms. The first-order valence-electron chi connectivity index (χ1n) is 6.11. The molecule has 0 fully saturated rings. The molecule has 0 bridgehead atoms. The number of rotatable bonds is 1. The van der Waals surface area contributed by atoms with Crippen LogP contribution in [0.4, 0.5) is 11.5 Å². The summed E-state index contributed by atoms with van der Waals surface area (Å²) in [7, 11) is 0. The Morgan fingerprint density at radius 1 is 1.32 bits per heavy atom. The third-order valence-corrected chi connectivity index (χ3v) is 3.32. The lowest BCUT2D eigenvalue weighted by Gasteiger charge is -2.22. The van der Waals surface area contributed by atoms with Gasteiger partial charge < -0.3 is 15.4 Å². The smallest absolute Gasteiger partial charge is 0.152 e. The molecule has 0 aliphatic carbocycles. The van der Waals surface area contributed by atoms with Crippen molar-refractivity contribution in [1.82, 2.24) is 4.98 Å². The van der Waals surface area contributed by atoms with Crippen molar-refractivity contribution in [3.8, 4) is 5.75 Å². The molecule has 1 aliphatic rings. The van der Waals surface area contributed by atoms with E-state index in [4.69, 9.17) is 22.1 Å². The minimum atomic E-state index is 0.549. The summed E-state index contributed by atoms with van der Waals surface area (Å²) in [6, 6.07) is 9.74. The van der Waals surface area contributed by atoms with Crippen LogP contribution in [0, 0.1) is 0 Å². The highest BCUT2D eigenvalue weighted by Crippen LogP contribution is 2.29. The molecule has 1 aromatic heterocycles. The standard InChI is InChI=1S/C14H14ClN3O/c15-11-7-12(16)14(17-8-11)18-5-6-19-13-4-2-1-3-10(13)9-18/h1-4,7-8H,5-6,9,16H2. The summed E-state index contributed by atoms with van der Waals surface area (Å²) < 4.78 is 5.73. The highest BCUT2D eigenvalue weighted by atomic mass is 35.5. The van der Waals surface area contributed by atoms with E-state index in [9.17, 15) is 0 Å². The zero-order chi connectivity index (χ0) is 13.2. The Morgan fingerprint density at radius 3 is 3.00 bits per heavy atom. The van der Waals surface area contributed by atoms with Crippen LogP contribution in [0.15, 0.2) is 36.5 Å². The van der Waals surface area contributed by atoms with Crippen LogP contribution in [-0.4, -0.2) is 18.1 Å². The molecule has 0 unspecified atom stereocenters. The van der Waals surface area contributed by atoms with Crippen LogP contribution in [-0.2, 0) is 6.54 Å². The maximum Gasteiger partial charge on any atom is 0.152 e. The molecule has 2 N–H and O–H groups in total. The second kappa shape index (κ2) is 4.97. The van der Waals surface area contributed by atoms with Gasteiger partial charge in [0.05, 0.1) is 17.3 Å². The number of pyridine rings is 1. The number of nitrogens with zero attached hydrogens (tertiary/aromatic N) is 2. The van der Waals surface area contributed by atoms with Gasteiger partial charge in [0.25, 0.3) is 0 Å². The van der Waals surface area contributed by atoms with E-state index in [1.54, 1.807) is 12.3 Å². The molecule has 2 aromatic rings. The fourth-order valence-corrected chi connectivity index (χ4v) is 2.38. The van der Waals surface area contributed by atoms with Gasteiger partial charge in [-0.2, -0.15) is 0 Å². The molecule has 1 aliphatic heterocycles. The summed E-state index contributed by atoms with van der Waals surface area (Å²) in [5.41, 5.74) is 7.72. The van der Waals surface area contributed by atoms with Crippen LogP contribution < -0.4 is 15.4 Å². The Morgan fingerprint density at radius 2 is 2.16 bits per heavy atom. The van der Waals surface area contributed by atoms with Crippen molar-refractivity contribution in [3.05, 3.63) is 47.1 Å². The van der Waals surface area contributed by atoms with Crippen LogP contribution >= 0.6 is 11.6 Å². The number of hydrogen-bond donors (Lipinski definition) is 1. The van der Waals surface area contributed by atoms with Gasteiger partial charge in [-0.3, -0.25) is 0 Å². The maximum atomic E-state index is 5.99. The average molecular weight is 276 g/mol. The van der Waals surface area contributed by atoms with Crippen LogP contribution in [0.2, 0.25) is 5.02 Å². The third kappa shape index (κ3) is 2.44. The molecule has 98 valence electrons. The second-order valence-electron chi connectivity index (χ2n) is 4.44. The molecule has 19 heavy (non-hydrogen) atoms. The van der Waals surface area contributed by atoms with Gasteiger partial charge in [-0.15, -0.1) is 0 Å². The van der Waals surface area contributed by atoms with Gasteiger partial charge in [0.2, 0.25) is 0 Å². The fourth-order valence-electron chi connectivity index (χ4n) is 2.22. The number of para-hydroxylation sites is 1. The van der Waals surface area contributed by atoms with Gasteiger partial charge in [-0.05, 0) is 12.1 Å². The number of nitrogen functional groups attached to an aromatic ring is 1. The monoisotopic (exact) mass is 275 g/mol. The molecule has 0 radical (unpaired) electrons. The van der Waals surface area contributed by atoms with E-state index in [-0.39, 0.29) is 0 Å².